The third kappa shape index (κ3) is 2.07. The van der Waals surface area contributed by atoms with Crippen molar-refractivity contribution in [2.24, 2.45) is 0 Å². The van der Waals surface area contributed by atoms with Crippen LogP contribution in [-0.4, -0.2) is 0 Å². The van der Waals surface area contributed by atoms with Crippen LogP contribution in [0.2, 0.25) is 0 Å². The van der Waals surface area contributed by atoms with E-state index in [4.69, 9.17) is 0 Å². The van der Waals surface area contributed by atoms with Crippen LogP contribution in [-0.2, 0) is 0 Å². The molecule has 0 unspecified atom stereocenters. The van der Waals surface area contributed by atoms with Gasteiger partial charge in [0.1, 0.15) is 0 Å². The molecule has 0 aliphatic heterocycles. The summed E-state index contributed by atoms with van der Waals surface area (Å²) in [7, 11) is 0. The van der Waals surface area contributed by atoms with E-state index in [1.807, 2.05) is 12.1 Å². The van der Waals surface area contributed by atoms with Crippen LogP contribution in [0.15, 0.2) is 47.4 Å². The molecular formula is C14H14S. The normalized spacial score (nSPS) is 10.3. The smallest absolute Gasteiger partial charge is 0.0121 e. The van der Waals surface area contributed by atoms with Crippen LogP contribution in [0.25, 0.3) is 11.1 Å². The molecule has 15 heavy (non-hydrogen) atoms. The van der Waals surface area contributed by atoms with Gasteiger partial charge in [0.15, 0.2) is 0 Å². The van der Waals surface area contributed by atoms with Crippen LogP contribution in [0.1, 0.15) is 11.1 Å². The van der Waals surface area contributed by atoms with Crippen molar-refractivity contribution in [3.05, 3.63) is 53.6 Å². The van der Waals surface area contributed by atoms with Crippen molar-refractivity contribution in [3.8, 4) is 11.1 Å². The van der Waals surface area contributed by atoms with E-state index in [0.717, 1.165) is 4.90 Å². The summed E-state index contributed by atoms with van der Waals surface area (Å²) in [6, 6.07) is 14.8. The third-order valence-corrected chi connectivity index (χ3v) is 2.96. The molecule has 0 radical (unpaired) electrons. The summed E-state index contributed by atoms with van der Waals surface area (Å²) < 4.78 is 0. The highest BCUT2D eigenvalue weighted by atomic mass is 32.1. The Morgan fingerprint density at radius 2 is 1.53 bits per heavy atom. The molecule has 2 rings (SSSR count). The zero-order valence-electron chi connectivity index (χ0n) is 8.99. The molecule has 0 aromatic heterocycles. The lowest BCUT2D eigenvalue weighted by Crippen LogP contribution is -1.85. The minimum absolute atomic E-state index is 1.04. The summed E-state index contributed by atoms with van der Waals surface area (Å²) in [6.45, 7) is 4.22. The van der Waals surface area contributed by atoms with Gasteiger partial charge in [-0.1, -0.05) is 42.0 Å². The topological polar surface area (TPSA) is 0 Å². The lowest BCUT2D eigenvalue weighted by atomic mass is 10.00. The van der Waals surface area contributed by atoms with Gasteiger partial charge in [-0.25, -0.2) is 0 Å². The second kappa shape index (κ2) is 4.11. The van der Waals surface area contributed by atoms with Gasteiger partial charge in [-0.05, 0) is 36.6 Å². The Labute approximate surface area is 96.4 Å². The molecule has 0 aliphatic carbocycles. The SMILES string of the molecule is Cc1ccc(-c2c(C)cccc2S)cc1. The van der Waals surface area contributed by atoms with Gasteiger partial charge in [0, 0.05) is 4.90 Å². The van der Waals surface area contributed by atoms with Crippen LogP contribution in [0.4, 0.5) is 0 Å². The Bertz CT molecular complexity index is 449. The average Bonchev–Trinajstić information content (AvgIpc) is 2.20. The number of hydrogen-bond donors (Lipinski definition) is 1. The summed E-state index contributed by atoms with van der Waals surface area (Å²) in [6.07, 6.45) is 0. The number of aryl methyl sites for hydroxylation is 2. The predicted molar refractivity (Wildman–Crippen MR) is 68.6 cm³/mol. The van der Waals surface area contributed by atoms with Crippen LogP contribution in [0, 0.1) is 13.8 Å². The average molecular weight is 214 g/mol. The molecule has 0 saturated heterocycles. The van der Waals surface area contributed by atoms with Gasteiger partial charge in [0.25, 0.3) is 0 Å². The van der Waals surface area contributed by atoms with Gasteiger partial charge >= 0.3 is 0 Å². The fraction of sp³-hybridized carbons (Fsp3) is 0.143. The van der Waals surface area contributed by atoms with Gasteiger partial charge in [0.05, 0.1) is 0 Å². The van der Waals surface area contributed by atoms with Crippen molar-refractivity contribution < 1.29 is 0 Å². The number of benzene rings is 2. The van der Waals surface area contributed by atoms with E-state index in [1.165, 1.54) is 22.3 Å². The van der Waals surface area contributed by atoms with Crippen molar-refractivity contribution in [1.29, 1.82) is 0 Å². The fourth-order valence-corrected chi connectivity index (χ4v) is 2.14. The Morgan fingerprint density at radius 3 is 2.13 bits per heavy atom. The first-order valence-corrected chi connectivity index (χ1v) is 5.49. The van der Waals surface area contributed by atoms with Crippen LogP contribution < -0.4 is 0 Å². The second-order valence-corrected chi connectivity index (χ2v) is 4.32. The van der Waals surface area contributed by atoms with Gasteiger partial charge in [-0.2, -0.15) is 0 Å². The molecule has 0 fully saturated rings. The Balaban J connectivity index is 2.58. The fourth-order valence-electron chi connectivity index (χ4n) is 1.75. The molecule has 1 heteroatoms. The third-order valence-electron chi connectivity index (χ3n) is 2.59. The summed E-state index contributed by atoms with van der Waals surface area (Å²) in [5, 5.41) is 0. The molecule has 0 atom stereocenters. The standard InChI is InChI=1S/C14H14S/c1-10-6-8-12(9-7-10)14-11(2)4-3-5-13(14)15/h3-9,15H,1-2H3. The van der Waals surface area contributed by atoms with Gasteiger partial charge in [0.2, 0.25) is 0 Å². The first kappa shape index (κ1) is 10.3. The first-order valence-electron chi connectivity index (χ1n) is 5.04. The van der Waals surface area contributed by atoms with Crippen molar-refractivity contribution in [2.45, 2.75) is 18.7 Å². The van der Waals surface area contributed by atoms with E-state index in [0.29, 0.717) is 0 Å². The van der Waals surface area contributed by atoms with Crippen molar-refractivity contribution in [2.75, 3.05) is 0 Å². The van der Waals surface area contributed by atoms with Gasteiger partial charge in [-0.3, -0.25) is 0 Å². The second-order valence-electron chi connectivity index (χ2n) is 3.84. The molecule has 0 heterocycles. The van der Waals surface area contributed by atoms with E-state index < -0.39 is 0 Å². The molecule has 0 N–H and O–H groups in total. The lowest BCUT2D eigenvalue weighted by molar-refractivity contribution is 1.35. The maximum absolute atomic E-state index is 4.50. The van der Waals surface area contributed by atoms with Crippen LogP contribution >= 0.6 is 12.6 Å². The molecule has 0 nitrogen and oxygen atoms in total. The predicted octanol–water partition coefficient (Wildman–Crippen LogP) is 4.26. The molecule has 0 spiro atoms. The molecule has 76 valence electrons. The quantitative estimate of drug-likeness (QED) is 0.674. The Morgan fingerprint density at radius 1 is 0.867 bits per heavy atom. The Hall–Kier alpha value is -1.21. The summed E-state index contributed by atoms with van der Waals surface area (Å²) in [5.41, 5.74) is 5.03. The highest BCUT2D eigenvalue weighted by Crippen LogP contribution is 2.29. The summed E-state index contributed by atoms with van der Waals surface area (Å²) >= 11 is 4.50. The zero-order valence-corrected chi connectivity index (χ0v) is 9.88. The van der Waals surface area contributed by atoms with E-state index in [9.17, 15) is 0 Å². The maximum Gasteiger partial charge on any atom is 0.0121 e. The highest BCUT2D eigenvalue weighted by Gasteiger charge is 2.04. The highest BCUT2D eigenvalue weighted by molar-refractivity contribution is 7.80. The molecular weight excluding hydrogens is 200 g/mol. The van der Waals surface area contributed by atoms with Crippen LogP contribution in [0.3, 0.4) is 0 Å². The van der Waals surface area contributed by atoms with Crippen LogP contribution in [0.5, 0.6) is 0 Å². The van der Waals surface area contributed by atoms with E-state index >= 15 is 0 Å². The number of thiol groups is 1. The maximum atomic E-state index is 4.50. The van der Waals surface area contributed by atoms with E-state index in [2.05, 4.69) is 56.8 Å². The monoisotopic (exact) mass is 214 g/mol. The molecule has 0 amide bonds. The molecule has 2 aromatic carbocycles. The summed E-state index contributed by atoms with van der Waals surface area (Å²) in [5.74, 6) is 0. The van der Waals surface area contributed by atoms with Crippen molar-refractivity contribution in [3.63, 3.8) is 0 Å². The minimum atomic E-state index is 1.04. The van der Waals surface area contributed by atoms with E-state index in [-0.39, 0.29) is 0 Å². The Kier molecular flexibility index (Phi) is 2.83. The molecule has 0 bridgehead atoms. The zero-order chi connectivity index (χ0) is 10.8. The number of hydrogen-bond acceptors (Lipinski definition) is 1. The van der Waals surface area contributed by atoms with Crippen molar-refractivity contribution >= 4 is 12.6 Å². The first-order chi connectivity index (χ1) is 7.18. The van der Waals surface area contributed by atoms with Gasteiger partial charge < -0.3 is 0 Å². The minimum Gasteiger partial charge on any atom is -0.143 e. The largest absolute Gasteiger partial charge is 0.143 e. The van der Waals surface area contributed by atoms with Gasteiger partial charge in [-0.15, -0.1) is 12.6 Å². The molecule has 2 aromatic rings. The number of rotatable bonds is 1. The molecule has 0 aliphatic rings. The van der Waals surface area contributed by atoms with Crippen molar-refractivity contribution in [1.82, 2.24) is 0 Å². The molecule has 0 saturated carbocycles. The van der Waals surface area contributed by atoms with E-state index in [1.54, 1.807) is 0 Å². The summed E-state index contributed by atoms with van der Waals surface area (Å²) in [4.78, 5) is 1.04. The lowest BCUT2D eigenvalue weighted by Gasteiger charge is -2.09.